The van der Waals surface area contributed by atoms with Gasteiger partial charge in [0.2, 0.25) is 5.88 Å². The molecule has 1 fully saturated rings. The molecule has 5 heteroatoms. The van der Waals surface area contributed by atoms with Gasteiger partial charge in [0.05, 0.1) is 31.9 Å². The van der Waals surface area contributed by atoms with E-state index in [1.165, 1.54) is 0 Å². The quantitative estimate of drug-likeness (QED) is 0.769. The second kappa shape index (κ2) is 4.20. The summed E-state index contributed by atoms with van der Waals surface area (Å²) in [4.78, 5) is 0. The number of methoxy groups -OCH3 is 1. The molecule has 1 N–H and O–H groups in total. The van der Waals surface area contributed by atoms with Crippen molar-refractivity contribution in [3.63, 3.8) is 0 Å². The van der Waals surface area contributed by atoms with Gasteiger partial charge in [-0.15, -0.1) is 5.10 Å². The maximum absolute atomic E-state index is 5.45. The first-order valence-corrected chi connectivity index (χ1v) is 5.12. The molecule has 1 unspecified atom stereocenters. The van der Waals surface area contributed by atoms with E-state index in [2.05, 4.69) is 10.4 Å². The molecule has 1 aromatic heterocycles. The van der Waals surface area contributed by atoms with Gasteiger partial charge in [-0.2, -0.15) is 0 Å². The number of nitrogens with zero attached hydrogens (tertiary/aromatic N) is 2. The maximum atomic E-state index is 5.45. The minimum absolute atomic E-state index is 0.197. The lowest BCUT2D eigenvalue weighted by Crippen LogP contribution is -2.35. The number of aryl methyl sites for hydroxylation is 1. The average molecular weight is 211 g/mol. The van der Waals surface area contributed by atoms with Gasteiger partial charge < -0.3 is 14.8 Å². The molecule has 1 atom stereocenters. The van der Waals surface area contributed by atoms with E-state index in [1.54, 1.807) is 7.11 Å². The molecule has 5 nitrogen and oxygen atoms in total. The summed E-state index contributed by atoms with van der Waals surface area (Å²) in [6, 6.07) is 0.197. The van der Waals surface area contributed by atoms with Crippen molar-refractivity contribution in [1.82, 2.24) is 15.1 Å². The zero-order valence-electron chi connectivity index (χ0n) is 9.41. The van der Waals surface area contributed by atoms with Crippen molar-refractivity contribution in [1.29, 1.82) is 0 Å². The van der Waals surface area contributed by atoms with Crippen molar-refractivity contribution >= 4 is 0 Å². The number of morpholine rings is 1. The van der Waals surface area contributed by atoms with Crippen LogP contribution in [0.15, 0.2) is 0 Å². The topological polar surface area (TPSA) is 48.3 Å². The lowest BCUT2D eigenvalue weighted by atomic mass is 10.1. The summed E-state index contributed by atoms with van der Waals surface area (Å²) in [5, 5.41) is 7.71. The van der Waals surface area contributed by atoms with Gasteiger partial charge in [-0.1, -0.05) is 0 Å². The summed E-state index contributed by atoms with van der Waals surface area (Å²) in [6.45, 7) is 4.38. The Morgan fingerprint density at radius 1 is 1.60 bits per heavy atom. The third-order valence-electron chi connectivity index (χ3n) is 2.81. The van der Waals surface area contributed by atoms with E-state index in [9.17, 15) is 0 Å². The summed E-state index contributed by atoms with van der Waals surface area (Å²) in [7, 11) is 3.57. The minimum atomic E-state index is 0.197. The average Bonchev–Trinajstić information content (AvgIpc) is 2.56. The Balaban J connectivity index is 2.31. The van der Waals surface area contributed by atoms with Crippen LogP contribution >= 0.6 is 0 Å². The molecule has 1 aromatic rings. The van der Waals surface area contributed by atoms with Crippen molar-refractivity contribution in [2.75, 3.05) is 26.9 Å². The standard InChI is InChI=1S/C10H17N3O2/c1-7-9(8-6-15-5-4-11-8)10(14-3)12-13(7)2/h8,11H,4-6H2,1-3H3. The first-order chi connectivity index (χ1) is 7.24. The van der Waals surface area contributed by atoms with Crippen LogP contribution in [0.5, 0.6) is 5.88 Å². The Morgan fingerprint density at radius 3 is 3.00 bits per heavy atom. The molecule has 1 aliphatic heterocycles. The zero-order valence-corrected chi connectivity index (χ0v) is 9.41. The number of hydrogen-bond acceptors (Lipinski definition) is 4. The van der Waals surface area contributed by atoms with Gasteiger partial charge in [-0.05, 0) is 6.92 Å². The van der Waals surface area contributed by atoms with Crippen molar-refractivity contribution in [2.45, 2.75) is 13.0 Å². The summed E-state index contributed by atoms with van der Waals surface area (Å²) < 4.78 is 12.6. The molecule has 0 amide bonds. The second-order valence-electron chi connectivity index (χ2n) is 3.71. The fourth-order valence-electron chi connectivity index (χ4n) is 1.90. The van der Waals surface area contributed by atoms with Gasteiger partial charge in [-0.3, -0.25) is 4.68 Å². The fraction of sp³-hybridized carbons (Fsp3) is 0.700. The molecule has 0 aliphatic carbocycles. The SMILES string of the molecule is COc1nn(C)c(C)c1C1COCCN1. The van der Waals surface area contributed by atoms with Crippen molar-refractivity contribution in [2.24, 2.45) is 7.05 Å². The highest BCUT2D eigenvalue weighted by Gasteiger charge is 2.24. The molecule has 1 saturated heterocycles. The van der Waals surface area contributed by atoms with Crippen LogP contribution in [0.25, 0.3) is 0 Å². The molecule has 0 bridgehead atoms. The van der Waals surface area contributed by atoms with Gasteiger partial charge in [0, 0.05) is 19.3 Å². The highest BCUT2D eigenvalue weighted by Crippen LogP contribution is 2.28. The van der Waals surface area contributed by atoms with Crippen molar-refractivity contribution in [3.05, 3.63) is 11.3 Å². The van der Waals surface area contributed by atoms with E-state index in [4.69, 9.17) is 9.47 Å². The molecule has 0 aromatic carbocycles. The zero-order chi connectivity index (χ0) is 10.8. The largest absolute Gasteiger partial charge is 0.480 e. The van der Waals surface area contributed by atoms with Gasteiger partial charge >= 0.3 is 0 Å². The van der Waals surface area contributed by atoms with Crippen molar-refractivity contribution in [3.8, 4) is 5.88 Å². The fourth-order valence-corrected chi connectivity index (χ4v) is 1.90. The smallest absolute Gasteiger partial charge is 0.237 e. The molecular formula is C10H17N3O2. The first-order valence-electron chi connectivity index (χ1n) is 5.12. The predicted octanol–water partition coefficient (Wildman–Crippen LogP) is 0.398. The van der Waals surface area contributed by atoms with Crippen LogP contribution in [0.2, 0.25) is 0 Å². The van der Waals surface area contributed by atoms with E-state index >= 15 is 0 Å². The van der Waals surface area contributed by atoms with Crippen LogP contribution in [0.3, 0.4) is 0 Å². The molecule has 2 heterocycles. The van der Waals surface area contributed by atoms with E-state index in [1.807, 2.05) is 18.7 Å². The third-order valence-corrected chi connectivity index (χ3v) is 2.81. The van der Waals surface area contributed by atoms with Gasteiger partial charge in [0.25, 0.3) is 0 Å². The molecule has 84 valence electrons. The Hall–Kier alpha value is -1.07. The monoisotopic (exact) mass is 211 g/mol. The van der Waals surface area contributed by atoms with Crippen molar-refractivity contribution < 1.29 is 9.47 Å². The Bertz CT molecular complexity index is 343. The summed E-state index contributed by atoms with van der Waals surface area (Å²) in [5.41, 5.74) is 2.23. The van der Waals surface area contributed by atoms with Crippen LogP contribution in [0.1, 0.15) is 17.3 Å². The molecule has 15 heavy (non-hydrogen) atoms. The number of rotatable bonds is 2. The van der Waals surface area contributed by atoms with Crippen LogP contribution in [-0.4, -0.2) is 36.6 Å². The number of hydrogen-bond donors (Lipinski definition) is 1. The van der Waals surface area contributed by atoms with Crippen LogP contribution in [0, 0.1) is 6.92 Å². The van der Waals surface area contributed by atoms with Crippen LogP contribution in [0.4, 0.5) is 0 Å². The minimum Gasteiger partial charge on any atom is -0.480 e. The number of ether oxygens (including phenoxy) is 2. The molecule has 0 saturated carbocycles. The molecule has 1 aliphatic rings. The molecule has 0 spiro atoms. The highest BCUT2D eigenvalue weighted by molar-refractivity contribution is 5.34. The molecule has 0 radical (unpaired) electrons. The number of aromatic nitrogens is 2. The summed E-state index contributed by atoms with van der Waals surface area (Å²) in [5.74, 6) is 0.693. The molecular weight excluding hydrogens is 194 g/mol. The summed E-state index contributed by atoms with van der Waals surface area (Å²) >= 11 is 0. The first kappa shape index (κ1) is 10.4. The Morgan fingerprint density at radius 2 is 2.40 bits per heavy atom. The predicted molar refractivity (Wildman–Crippen MR) is 56.1 cm³/mol. The van der Waals surface area contributed by atoms with Crippen LogP contribution in [-0.2, 0) is 11.8 Å². The molecule has 2 rings (SSSR count). The van der Waals surface area contributed by atoms with Gasteiger partial charge in [0.15, 0.2) is 0 Å². The lowest BCUT2D eigenvalue weighted by Gasteiger charge is -2.24. The van der Waals surface area contributed by atoms with E-state index < -0.39 is 0 Å². The Kier molecular flexibility index (Phi) is 2.93. The normalized spacial score (nSPS) is 21.7. The third kappa shape index (κ3) is 1.85. The second-order valence-corrected chi connectivity index (χ2v) is 3.71. The van der Waals surface area contributed by atoms with E-state index in [0.717, 1.165) is 24.4 Å². The van der Waals surface area contributed by atoms with E-state index in [-0.39, 0.29) is 6.04 Å². The number of nitrogens with one attached hydrogen (secondary N) is 1. The van der Waals surface area contributed by atoms with Crippen LogP contribution < -0.4 is 10.1 Å². The highest BCUT2D eigenvalue weighted by atomic mass is 16.5. The Labute approximate surface area is 89.4 Å². The van der Waals surface area contributed by atoms with E-state index in [0.29, 0.717) is 12.5 Å². The maximum Gasteiger partial charge on any atom is 0.237 e. The lowest BCUT2D eigenvalue weighted by molar-refractivity contribution is 0.0758. The van der Waals surface area contributed by atoms with Gasteiger partial charge in [0.1, 0.15) is 0 Å². The summed E-state index contributed by atoms with van der Waals surface area (Å²) in [6.07, 6.45) is 0. The van der Waals surface area contributed by atoms with Gasteiger partial charge in [-0.25, -0.2) is 0 Å².